The van der Waals surface area contributed by atoms with Crippen molar-refractivity contribution in [3.8, 4) is 5.75 Å². The van der Waals surface area contributed by atoms with Gasteiger partial charge in [0, 0.05) is 37.5 Å². The first-order chi connectivity index (χ1) is 20.1. The smallest absolute Gasteiger partial charge is 0.254 e. The van der Waals surface area contributed by atoms with Crippen LogP contribution in [0.2, 0.25) is 0 Å². The average molecular weight is 574 g/mol. The molecule has 3 N–H and O–H groups in total. The number of hydrogen-bond acceptors (Lipinski definition) is 5. The van der Waals surface area contributed by atoms with Crippen molar-refractivity contribution in [2.75, 3.05) is 18.0 Å². The van der Waals surface area contributed by atoms with Crippen LogP contribution in [0.1, 0.15) is 73.1 Å². The van der Waals surface area contributed by atoms with Crippen LogP contribution >= 0.6 is 0 Å². The highest BCUT2D eigenvalue weighted by Gasteiger charge is 2.35. The Morgan fingerprint density at radius 3 is 2.62 bits per heavy atom. The van der Waals surface area contributed by atoms with E-state index < -0.39 is 23.9 Å². The van der Waals surface area contributed by atoms with E-state index in [9.17, 15) is 14.7 Å². The summed E-state index contributed by atoms with van der Waals surface area (Å²) in [5, 5.41) is 17.9. The minimum Gasteiger partial charge on any atom is -0.487 e. The molecule has 0 aromatic heterocycles. The molecule has 0 radical (unpaired) electrons. The number of amides is 2. The maximum atomic E-state index is 15.6. The molecule has 8 heteroatoms. The van der Waals surface area contributed by atoms with E-state index in [0.717, 1.165) is 23.3 Å². The number of nitrogens with one attached hydrogen (secondary N) is 2. The summed E-state index contributed by atoms with van der Waals surface area (Å²) in [7, 11) is 0. The largest absolute Gasteiger partial charge is 0.487 e. The number of halogens is 1. The summed E-state index contributed by atoms with van der Waals surface area (Å²) < 4.78 is 21.8. The Balaban J connectivity index is 1.35. The summed E-state index contributed by atoms with van der Waals surface area (Å²) in [6.45, 7) is 6.84. The van der Waals surface area contributed by atoms with E-state index in [0.29, 0.717) is 32.2 Å². The van der Waals surface area contributed by atoms with Crippen LogP contribution in [0.5, 0.6) is 5.75 Å². The molecule has 2 aliphatic rings. The van der Waals surface area contributed by atoms with Crippen LogP contribution in [-0.2, 0) is 17.6 Å². The zero-order valence-corrected chi connectivity index (χ0v) is 24.5. The van der Waals surface area contributed by atoms with Gasteiger partial charge in [-0.05, 0) is 62.4 Å². The first-order valence-corrected chi connectivity index (χ1v) is 14.8. The van der Waals surface area contributed by atoms with Crippen LogP contribution in [-0.4, -0.2) is 47.8 Å². The second kappa shape index (κ2) is 12.6. The van der Waals surface area contributed by atoms with Crippen LogP contribution in [0.3, 0.4) is 0 Å². The van der Waals surface area contributed by atoms with Gasteiger partial charge in [0.25, 0.3) is 5.91 Å². The van der Waals surface area contributed by atoms with Crippen LogP contribution in [0, 0.1) is 5.82 Å². The predicted octanol–water partition coefficient (Wildman–Crippen LogP) is 5.11. The standard InChI is InChI=1S/C34H40FN3O4/c1-4-22-15-16-30-25(18-22)27(20-34(2,3)42-30)36-21-29(39)26(19-23-10-6-5-7-11-23)37-33(41)24-12-8-13-28(32(24)35)38-17-9-14-31(38)40/h5-8,10-13,15-16,18,26-27,29,36,39H,4,9,14,17,19-21H2,1-3H3,(H,37,41)/t26-,27-,29-/m0/s1. The number of aliphatic hydroxyl groups is 1. The number of benzene rings is 3. The molecule has 2 aliphatic heterocycles. The lowest BCUT2D eigenvalue weighted by molar-refractivity contribution is -0.117. The summed E-state index contributed by atoms with van der Waals surface area (Å²) in [5.74, 6) is -0.689. The van der Waals surface area contributed by atoms with E-state index in [4.69, 9.17) is 4.74 Å². The van der Waals surface area contributed by atoms with Crippen molar-refractivity contribution in [1.29, 1.82) is 0 Å². The summed E-state index contributed by atoms with van der Waals surface area (Å²) in [6.07, 6.45) is 2.02. The van der Waals surface area contributed by atoms with Gasteiger partial charge < -0.3 is 25.4 Å². The van der Waals surface area contributed by atoms with Crippen molar-refractivity contribution in [1.82, 2.24) is 10.6 Å². The summed E-state index contributed by atoms with van der Waals surface area (Å²) >= 11 is 0. The predicted molar refractivity (Wildman–Crippen MR) is 161 cm³/mol. The Labute approximate surface area is 247 Å². The normalized spacial score (nSPS) is 19.1. The molecule has 0 spiro atoms. The van der Waals surface area contributed by atoms with Gasteiger partial charge in [-0.2, -0.15) is 0 Å². The number of aliphatic hydroxyl groups excluding tert-OH is 1. The Morgan fingerprint density at radius 1 is 1.12 bits per heavy atom. The highest BCUT2D eigenvalue weighted by Crippen LogP contribution is 2.40. The molecule has 3 aromatic carbocycles. The molecule has 0 saturated carbocycles. The van der Waals surface area contributed by atoms with Crippen molar-refractivity contribution >= 4 is 17.5 Å². The van der Waals surface area contributed by atoms with Crippen molar-refractivity contribution in [2.45, 2.75) is 76.7 Å². The molecule has 42 heavy (non-hydrogen) atoms. The molecule has 7 nitrogen and oxygen atoms in total. The van der Waals surface area contributed by atoms with Crippen molar-refractivity contribution in [2.24, 2.45) is 0 Å². The Bertz CT molecular complexity index is 1430. The minimum atomic E-state index is -0.968. The fourth-order valence-electron chi connectivity index (χ4n) is 5.92. The number of nitrogens with zero attached hydrogens (tertiary/aromatic N) is 1. The van der Waals surface area contributed by atoms with Gasteiger partial charge in [-0.15, -0.1) is 0 Å². The zero-order valence-electron chi connectivity index (χ0n) is 24.5. The first kappa shape index (κ1) is 29.7. The topological polar surface area (TPSA) is 90.9 Å². The van der Waals surface area contributed by atoms with Crippen molar-refractivity contribution < 1.29 is 23.8 Å². The molecule has 1 fully saturated rings. The maximum Gasteiger partial charge on any atom is 0.254 e. The molecule has 0 unspecified atom stereocenters. The molecule has 0 aliphatic carbocycles. The Kier molecular flexibility index (Phi) is 8.94. The molecule has 2 amide bonds. The van der Waals surface area contributed by atoms with E-state index in [-0.39, 0.29) is 35.3 Å². The lowest BCUT2D eigenvalue weighted by atomic mass is 9.88. The SMILES string of the molecule is CCc1ccc2c(c1)[C@@H](NC[C@H](O)[C@H](Cc1ccccc1)NC(=O)c1cccc(N3CCCC3=O)c1F)CC(C)(C)O2. The van der Waals surface area contributed by atoms with Crippen LogP contribution in [0.4, 0.5) is 10.1 Å². The number of carbonyl (C=O) groups is 2. The van der Waals surface area contributed by atoms with Gasteiger partial charge in [0.1, 0.15) is 11.4 Å². The minimum absolute atomic E-state index is 0.0508. The van der Waals surface area contributed by atoms with Crippen LogP contribution in [0.15, 0.2) is 66.7 Å². The Hall–Kier alpha value is -3.75. The van der Waals surface area contributed by atoms with Crippen LogP contribution in [0.25, 0.3) is 0 Å². The fraction of sp³-hybridized carbons (Fsp3) is 0.412. The monoisotopic (exact) mass is 573 g/mol. The van der Waals surface area contributed by atoms with E-state index in [1.807, 2.05) is 50.2 Å². The van der Waals surface area contributed by atoms with Crippen molar-refractivity contribution in [3.05, 3.63) is 94.8 Å². The third-order valence-electron chi connectivity index (χ3n) is 8.18. The lowest BCUT2D eigenvalue weighted by Crippen LogP contribution is -2.50. The van der Waals surface area contributed by atoms with E-state index in [1.165, 1.54) is 22.6 Å². The highest BCUT2D eigenvalue weighted by molar-refractivity contribution is 5.99. The van der Waals surface area contributed by atoms with Gasteiger partial charge in [0.2, 0.25) is 5.91 Å². The quantitative estimate of drug-likeness (QED) is 0.314. The summed E-state index contributed by atoms with van der Waals surface area (Å²) in [5.41, 5.74) is 2.76. The molecule has 1 saturated heterocycles. The van der Waals surface area contributed by atoms with E-state index >= 15 is 4.39 Å². The van der Waals surface area contributed by atoms with E-state index in [1.54, 1.807) is 6.07 Å². The molecular weight excluding hydrogens is 533 g/mol. The number of aryl methyl sites for hydroxylation is 1. The van der Waals surface area contributed by atoms with Gasteiger partial charge in [-0.25, -0.2) is 4.39 Å². The summed E-state index contributed by atoms with van der Waals surface area (Å²) in [6, 6.07) is 19.6. The molecule has 3 aromatic rings. The van der Waals surface area contributed by atoms with Crippen molar-refractivity contribution in [3.63, 3.8) is 0 Å². The number of anilines is 1. The fourth-order valence-corrected chi connectivity index (χ4v) is 5.92. The average Bonchev–Trinajstić information content (AvgIpc) is 3.40. The second-order valence-electron chi connectivity index (χ2n) is 11.9. The number of rotatable bonds is 10. The van der Waals surface area contributed by atoms with E-state index in [2.05, 4.69) is 29.7 Å². The summed E-state index contributed by atoms with van der Waals surface area (Å²) in [4.78, 5) is 27.1. The van der Waals surface area contributed by atoms with Gasteiger partial charge >= 0.3 is 0 Å². The second-order valence-corrected chi connectivity index (χ2v) is 11.9. The van der Waals surface area contributed by atoms with Gasteiger partial charge in [0.05, 0.1) is 23.4 Å². The van der Waals surface area contributed by atoms with Gasteiger partial charge in [0.15, 0.2) is 5.82 Å². The third-order valence-corrected chi connectivity index (χ3v) is 8.18. The number of carbonyl (C=O) groups excluding carboxylic acids is 2. The molecule has 222 valence electrons. The Morgan fingerprint density at radius 2 is 1.90 bits per heavy atom. The molecular formula is C34H40FN3O4. The maximum absolute atomic E-state index is 15.6. The van der Waals surface area contributed by atoms with Gasteiger partial charge in [-0.1, -0.05) is 55.5 Å². The van der Waals surface area contributed by atoms with Crippen LogP contribution < -0.4 is 20.3 Å². The number of fused-ring (bicyclic) bond motifs is 1. The molecule has 3 atom stereocenters. The first-order valence-electron chi connectivity index (χ1n) is 14.8. The molecule has 5 rings (SSSR count). The highest BCUT2D eigenvalue weighted by atomic mass is 19.1. The molecule has 0 bridgehead atoms. The zero-order chi connectivity index (χ0) is 29.9. The van der Waals surface area contributed by atoms with Gasteiger partial charge in [-0.3, -0.25) is 9.59 Å². The molecule has 2 heterocycles. The number of hydrogen-bond donors (Lipinski definition) is 3. The third kappa shape index (κ3) is 6.66. The number of ether oxygens (including phenoxy) is 1. The lowest BCUT2D eigenvalue weighted by Gasteiger charge is -2.39.